The first-order valence-electron chi connectivity index (χ1n) is 7.21. The number of benzene rings is 3. The van der Waals surface area contributed by atoms with Crippen LogP contribution in [0.2, 0.25) is 0 Å². The lowest BCUT2D eigenvalue weighted by Crippen LogP contribution is -2.05. The average Bonchev–Trinajstić information content (AvgIpc) is 2.58. The van der Waals surface area contributed by atoms with E-state index >= 15 is 0 Å². The molecule has 25 heavy (non-hydrogen) atoms. The number of hydrogen-bond acceptors (Lipinski definition) is 0. The summed E-state index contributed by atoms with van der Waals surface area (Å²) < 4.78 is 2.40. The van der Waals surface area contributed by atoms with Crippen LogP contribution in [0.4, 0.5) is 0 Å². The molecule has 0 bridgehead atoms. The van der Waals surface area contributed by atoms with Crippen LogP contribution >= 0.6 is 95.6 Å². The highest BCUT2D eigenvalue weighted by Gasteiger charge is 2.32. The quantitative estimate of drug-likeness (QED) is 0.183. The van der Waals surface area contributed by atoms with Crippen LogP contribution in [-0.2, 0) is 2.14 Å². The Kier molecular flexibility index (Phi) is 6.71. The molecule has 0 aliphatic rings. The van der Waals surface area contributed by atoms with E-state index in [1.165, 1.54) is 0 Å². The second-order valence-electron chi connectivity index (χ2n) is 5.30. The fraction of sp³-hybridized carbons (Fsp3) is 0.0526. The maximum absolute atomic E-state index is 3.85. The third-order valence-electron chi connectivity index (χ3n) is 3.73. The second-order valence-corrected chi connectivity index (χ2v) is 14.4. The van der Waals surface area contributed by atoms with Crippen molar-refractivity contribution in [2.45, 2.75) is 2.14 Å². The van der Waals surface area contributed by atoms with Crippen LogP contribution in [-0.4, -0.2) is 0 Å². The number of alkyl halides is 3. The van der Waals surface area contributed by atoms with Gasteiger partial charge in [0.1, 0.15) is 0 Å². The topological polar surface area (TPSA) is 0 Å². The molecule has 3 aromatic carbocycles. The van der Waals surface area contributed by atoms with E-state index in [4.69, 9.17) is 0 Å². The number of hydrogen-bond donors (Lipinski definition) is 0. The van der Waals surface area contributed by atoms with Crippen molar-refractivity contribution in [2.24, 2.45) is 0 Å². The van der Waals surface area contributed by atoms with Crippen LogP contribution in [0.25, 0.3) is 22.3 Å². The molecule has 0 aliphatic carbocycles. The molecule has 0 N–H and O–H groups in total. The zero-order valence-electron chi connectivity index (χ0n) is 12.5. The van der Waals surface area contributed by atoms with Gasteiger partial charge in [0, 0.05) is 30.1 Å². The van der Waals surface area contributed by atoms with E-state index in [0.29, 0.717) is 0 Å². The van der Waals surface area contributed by atoms with Gasteiger partial charge in [0.05, 0.1) is 0 Å². The van der Waals surface area contributed by atoms with E-state index in [9.17, 15) is 0 Å². The molecule has 6 heteroatoms. The van der Waals surface area contributed by atoms with Gasteiger partial charge in [-0.1, -0.05) is 108 Å². The van der Waals surface area contributed by atoms with Gasteiger partial charge >= 0.3 is 0 Å². The van der Waals surface area contributed by atoms with E-state index in [1.54, 1.807) is 0 Å². The highest BCUT2D eigenvalue weighted by Crippen LogP contribution is 2.56. The van der Waals surface area contributed by atoms with E-state index in [1.807, 2.05) is 12.1 Å². The minimum atomic E-state index is -0.564. The molecule has 0 fully saturated rings. The smallest absolute Gasteiger partial charge is 0.0622 e. The summed E-state index contributed by atoms with van der Waals surface area (Å²) in [5, 5.41) is 0. The molecule has 0 aliphatic heterocycles. The van der Waals surface area contributed by atoms with Crippen molar-refractivity contribution >= 4 is 95.6 Å². The molecule has 0 nitrogen and oxygen atoms in total. The Bertz CT molecular complexity index is 899. The minimum Gasteiger partial charge on any atom is -0.0622 e. The number of halogens is 6. The minimum absolute atomic E-state index is 0.564. The maximum Gasteiger partial charge on any atom is 0.162 e. The summed E-state index contributed by atoms with van der Waals surface area (Å²) in [6.45, 7) is 0. The van der Waals surface area contributed by atoms with E-state index in [0.717, 1.165) is 41.2 Å². The van der Waals surface area contributed by atoms with Crippen LogP contribution in [0.1, 0.15) is 5.56 Å². The molecule has 0 heterocycles. The highest BCUT2D eigenvalue weighted by atomic mass is 80.0. The summed E-state index contributed by atoms with van der Waals surface area (Å²) in [4.78, 5) is 0. The molecular formula is C19H10Br6. The fourth-order valence-corrected chi connectivity index (χ4v) is 7.95. The summed E-state index contributed by atoms with van der Waals surface area (Å²) >= 11 is 22.4. The van der Waals surface area contributed by atoms with Gasteiger partial charge in [-0.2, -0.15) is 0 Å². The molecule has 0 radical (unpaired) electrons. The van der Waals surface area contributed by atoms with Crippen LogP contribution in [0.15, 0.2) is 74.1 Å². The van der Waals surface area contributed by atoms with Gasteiger partial charge in [-0.15, -0.1) is 0 Å². The van der Waals surface area contributed by atoms with Crippen molar-refractivity contribution < 1.29 is 0 Å². The average molecular weight is 718 g/mol. The lowest BCUT2D eigenvalue weighted by molar-refractivity contribution is 1.29. The predicted molar refractivity (Wildman–Crippen MR) is 129 cm³/mol. The SMILES string of the molecule is Brc1c(Br)c(C(Br)(Br)Br)c(Br)c(-c2ccccc2)c1-c1ccccc1. The predicted octanol–water partition coefficient (Wildman–Crippen LogP) is 9.60. The molecule has 0 atom stereocenters. The van der Waals surface area contributed by atoms with E-state index in [-0.39, 0.29) is 0 Å². The number of rotatable bonds is 2. The third-order valence-corrected chi connectivity index (χ3v) is 7.83. The lowest BCUT2D eigenvalue weighted by atomic mass is 9.93. The van der Waals surface area contributed by atoms with Crippen LogP contribution in [0.5, 0.6) is 0 Å². The molecule has 128 valence electrons. The van der Waals surface area contributed by atoms with Gasteiger partial charge in [0.15, 0.2) is 2.14 Å². The fourth-order valence-electron chi connectivity index (χ4n) is 2.66. The Balaban J connectivity index is 2.47. The van der Waals surface area contributed by atoms with Crippen LogP contribution in [0, 0.1) is 0 Å². The van der Waals surface area contributed by atoms with Crippen LogP contribution in [0.3, 0.4) is 0 Å². The summed E-state index contributed by atoms with van der Waals surface area (Å²) in [6.07, 6.45) is 0. The van der Waals surface area contributed by atoms with Crippen molar-refractivity contribution in [1.82, 2.24) is 0 Å². The first-order chi connectivity index (χ1) is 11.8. The van der Waals surface area contributed by atoms with Crippen LogP contribution < -0.4 is 0 Å². The second kappa shape index (κ2) is 8.27. The molecule has 3 aromatic rings. The normalized spacial score (nSPS) is 11.6. The van der Waals surface area contributed by atoms with Crippen molar-refractivity contribution in [3.8, 4) is 22.3 Å². The zero-order valence-corrected chi connectivity index (χ0v) is 22.1. The first kappa shape index (κ1) is 20.3. The zero-order chi connectivity index (χ0) is 18.2. The van der Waals surface area contributed by atoms with Gasteiger partial charge in [-0.05, 0) is 58.9 Å². The summed E-state index contributed by atoms with van der Waals surface area (Å²) in [5.74, 6) is 0. The molecule has 3 rings (SSSR count). The van der Waals surface area contributed by atoms with Gasteiger partial charge in [-0.3, -0.25) is 0 Å². The summed E-state index contributed by atoms with van der Waals surface area (Å²) in [5.41, 5.74) is 5.55. The molecular weight excluding hydrogens is 708 g/mol. The molecule has 0 aromatic heterocycles. The third kappa shape index (κ3) is 4.19. The Hall–Kier alpha value is 0.540. The Morgan fingerprint density at radius 2 is 0.920 bits per heavy atom. The van der Waals surface area contributed by atoms with Crippen molar-refractivity contribution in [2.75, 3.05) is 0 Å². The largest absolute Gasteiger partial charge is 0.162 e. The Morgan fingerprint density at radius 3 is 1.32 bits per heavy atom. The standard InChI is InChI=1S/C19H10Br6/c20-16-13(11-7-3-1-4-8-11)14(12-9-5-2-6-10-12)17(21)18(22)15(16)19(23,24)25/h1-10H. The Labute approximate surface area is 197 Å². The van der Waals surface area contributed by atoms with Gasteiger partial charge in [0.25, 0.3) is 0 Å². The lowest BCUT2D eigenvalue weighted by Gasteiger charge is -2.24. The highest BCUT2D eigenvalue weighted by molar-refractivity contribution is 9.38. The van der Waals surface area contributed by atoms with E-state index in [2.05, 4.69) is 144 Å². The molecule has 0 spiro atoms. The summed E-state index contributed by atoms with van der Waals surface area (Å²) in [6, 6.07) is 20.7. The molecule has 0 amide bonds. The first-order valence-corrected chi connectivity index (χ1v) is 12.0. The van der Waals surface area contributed by atoms with Crippen molar-refractivity contribution in [1.29, 1.82) is 0 Å². The van der Waals surface area contributed by atoms with Crippen molar-refractivity contribution in [3.05, 3.63) is 79.6 Å². The molecule has 0 saturated carbocycles. The van der Waals surface area contributed by atoms with Gasteiger partial charge < -0.3 is 0 Å². The Morgan fingerprint density at radius 1 is 0.520 bits per heavy atom. The van der Waals surface area contributed by atoms with Gasteiger partial charge in [0.2, 0.25) is 0 Å². The molecule has 0 unspecified atom stereocenters. The van der Waals surface area contributed by atoms with Gasteiger partial charge in [-0.25, -0.2) is 0 Å². The maximum atomic E-state index is 3.85. The monoisotopic (exact) mass is 712 g/mol. The summed E-state index contributed by atoms with van der Waals surface area (Å²) in [7, 11) is 0. The van der Waals surface area contributed by atoms with Crippen molar-refractivity contribution in [3.63, 3.8) is 0 Å². The van der Waals surface area contributed by atoms with E-state index < -0.39 is 2.14 Å². The molecule has 0 saturated heterocycles.